The van der Waals surface area contributed by atoms with Gasteiger partial charge in [-0.05, 0) is 38.3 Å². The van der Waals surface area contributed by atoms with Crippen LogP contribution in [0.3, 0.4) is 0 Å². The molecule has 1 amide bonds. The van der Waals surface area contributed by atoms with Crippen LogP contribution in [0, 0.1) is 0 Å². The van der Waals surface area contributed by atoms with E-state index < -0.39 is 29.7 Å². The molecular weight excluding hydrogens is 398 g/mol. The third kappa shape index (κ3) is 9.80. The van der Waals surface area contributed by atoms with Crippen molar-refractivity contribution < 1.29 is 28.6 Å². The molecule has 166 valence electrons. The highest BCUT2D eigenvalue weighted by Crippen LogP contribution is 2.10. The number of carbonyl (C=O) groups excluding carboxylic acids is 3. The number of hydrogen-bond acceptors (Lipinski definition) is 6. The van der Waals surface area contributed by atoms with Crippen LogP contribution in [0.25, 0.3) is 0 Å². The lowest BCUT2D eigenvalue weighted by Gasteiger charge is -2.23. The average Bonchev–Trinajstić information content (AvgIpc) is 2.73. The molecule has 2 aromatic rings. The normalized spacial score (nSPS) is 11.8. The number of hydrogen-bond donors (Lipinski definition) is 1. The van der Waals surface area contributed by atoms with E-state index in [4.69, 9.17) is 14.2 Å². The molecule has 0 aromatic heterocycles. The first-order chi connectivity index (χ1) is 14.7. The van der Waals surface area contributed by atoms with Gasteiger partial charge in [0.15, 0.2) is 0 Å². The van der Waals surface area contributed by atoms with Crippen LogP contribution in [0.4, 0.5) is 4.79 Å². The molecule has 0 spiro atoms. The molecule has 0 aliphatic heterocycles. The summed E-state index contributed by atoms with van der Waals surface area (Å²) in [6, 6.07) is 17.4. The number of carbonyl (C=O) groups is 3. The summed E-state index contributed by atoms with van der Waals surface area (Å²) in [5, 5.41) is 2.50. The molecule has 0 radical (unpaired) electrons. The zero-order valence-corrected chi connectivity index (χ0v) is 18.1. The topological polar surface area (TPSA) is 90.9 Å². The first-order valence-electron chi connectivity index (χ1n) is 10.1. The van der Waals surface area contributed by atoms with Crippen molar-refractivity contribution in [2.24, 2.45) is 0 Å². The summed E-state index contributed by atoms with van der Waals surface area (Å²) < 4.78 is 15.8. The van der Waals surface area contributed by atoms with E-state index in [2.05, 4.69) is 5.32 Å². The summed E-state index contributed by atoms with van der Waals surface area (Å²) in [6.07, 6.45) is -0.791. The first-order valence-corrected chi connectivity index (χ1v) is 10.1. The van der Waals surface area contributed by atoms with Crippen molar-refractivity contribution in [2.45, 2.75) is 58.5 Å². The lowest BCUT2D eigenvalue weighted by molar-refractivity contribution is -0.149. The van der Waals surface area contributed by atoms with Crippen LogP contribution in [0.15, 0.2) is 60.7 Å². The van der Waals surface area contributed by atoms with Crippen molar-refractivity contribution in [3.8, 4) is 0 Å². The van der Waals surface area contributed by atoms with Crippen molar-refractivity contribution >= 4 is 18.0 Å². The maximum absolute atomic E-state index is 12.6. The lowest BCUT2D eigenvalue weighted by atomic mass is 10.1. The van der Waals surface area contributed by atoms with Crippen LogP contribution in [-0.2, 0) is 37.0 Å². The molecule has 0 fully saturated rings. The predicted molar refractivity (Wildman–Crippen MR) is 115 cm³/mol. The van der Waals surface area contributed by atoms with Crippen molar-refractivity contribution in [3.63, 3.8) is 0 Å². The second-order valence-electron chi connectivity index (χ2n) is 7.98. The van der Waals surface area contributed by atoms with Crippen LogP contribution in [0.2, 0.25) is 0 Å². The van der Waals surface area contributed by atoms with Gasteiger partial charge >= 0.3 is 18.0 Å². The molecule has 1 atom stereocenters. The largest absolute Gasteiger partial charge is 0.461 e. The summed E-state index contributed by atoms with van der Waals surface area (Å²) >= 11 is 0. The van der Waals surface area contributed by atoms with Gasteiger partial charge in [-0.2, -0.15) is 0 Å². The number of ether oxygens (including phenoxy) is 3. The third-order valence-corrected chi connectivity index (χ3v) is 4.08. The quantitative estimate of drug-likeness (QED) is 0.478. The van der Waals surface area contributed by atoms with E-state index in [1.165, 1.54) is 0 Å². The smallest absolute Gasteiger partial charge is 0.408 e. The van der Waals surface area contributed by atoms with E-state index in [-0.39, 0.29) is 26.1 Å². The van der Waals surface area contributed by atoms with E-state index in [9.17, 15) is 14.4 Å². The van der Waals surface area contributed by atoms with E-state index in [1.807, 2.05) is 60.7 Å². The third-order valence-electron chi connectivity index (χ3n) is 4.08. The lowest BCUT2D eigenvalue weighted by Crippen LogP contribution is -2.44. The van der Waals surface area contributed by atoms with E-state index in [1.54, 1.807) is 20.8 Å². The summed E-state index contributed by atoms with van der Waals surface area (Å²) in [5.41, 5.74) is 0.952. The van der Waals surface area contributed by atoms with Crippen LogP contribution in [-0.4, -0.2) is 29.7 Å². The van der Waals surface area contributed by atoms with E-state index in [0.717, 1.165) is 11.1 Å². The highest BCUT2D eigenvalue weighted by Gasteiger charge is 2.26. The summed E-state index contributed by atoms with van der Waals surface area (Å²) in [7, 11) is 0. The number of alkyl carbamates (subject to hydrolysis) is 1. The molecule has 2 aromatic carbocycles. The number of nitrogens with one attached hydrogen (secondary N) is 1. The Labute approximate surface area is 182 Å². The number of benzene rings is 2. The van der Waals surface area contributed by atoms with Gasteiger partial charge in [0.1, 0.15) is 24.9 Å². The van der Waals surface area contributed by atoms with Crippen LogP contribution >= 0.6 is 0 Å². The Bertz CT molecular complexity index is 845. The Morgan fingerprint density at radius 1 is 0.839 bits per heavy atom. The summed E-state index contributed by atoms with van der Waals surface area (Å²) in [5.74, 6) is -1.12. The highest BCUT2D eigenvalue weighted by molar-refractivity contribution is 5.82. The zero-order chi connectivity index (χ0) is 22.7. The second kappa shape index (κ2) is 11.7. The Morgan fingerprint density at radius 2 is 1.35 bits per heavy atom. The van der Waals surface area contributed by atoms with Crippen molar-refractivity contribution in [3.05, 3.63) is 71.8 Å². The fourth-order valence-electron chi connectivity index (χ4n) is 2.60. The van der Waals surface area contributed by atoms with Gasteiger partial charge in [-0.25, -0.2) is 9.59 Å². The van der Waals surface area contributed by atoms with Crippen LogP contribution in [0.1, 0.15) is 44.7 Å². The molecule has 0 aliphatic carbocycles. The van der Waals surface area contributed by atoms with Gasteiger partial charge in [0.05, 0.1) is 0 Å². The Morgan fingerprint density at radius 3 is 1.87 bits per heavy atom. The molecule has 0 unspecified atom stereocenters. The molecule has 2 rings (SSSR count). The Balaban J connectivity index is 1.91. The average molecular weight is 427 g/mol. The minimum Gasteiger partial charge on any atom is -0.461 e. The highest BCUT2D eigenvalue weighted by atomic mass is 16.6. The maximum Gasteiger partial charge on any atom is 0.408 e. The van der Waals surface area contributed by atoms with Gasteiger partial charge in [0, 0.05) is 6.42 Å². The number of esters is 2. The molecule has 7 nitrogen and oxygen atoms in total. The first kappa shape index (κ1) is 23.9. The number of rotatable bonds is 9. The SMILES string of the molecule is CC(C)(C)OC(=O)N[C@H](CCC(=O)OCc1ccccc1)C(=O)OCc1ccccc1. The zero-order valence-electron chi connectivity index (χ0n) is 18.1. The van der Waals surface area contributed by atoms with Gasteiger partial charge in [0.25, 0.3) is 0 Å². The van der Waals surface area contributed by atoms with Gasteiger partial charge < -0.3 is 19.5 Å². The van der Waals surface area contributed by atoms with Crippen molar-refractivity contribution in [2.75, 3.05) is 0 Å². The second-order valence-corrected chi connectivity index (χ2v) is 7.98. The van der Waals surface area contributed by atoms with Gasteiger partial charge in [-0.3, -0.25) is 4.79 Å². The molecule has 7 heteroatoms. The minimum atomic E-state index is -1.04. The number of amides is 1. The predicted octanol–water partition coefficient (Wildman–Crippen LogP) is 4.15. The Hall–Kier alpha value is -3.35. The van der Waals surface area contributed by atoms with Crippen LogP contribution < -0.4 is 5.32 Å². The fourth-order valence-corrected chi connectivity index (χ4v) is 2.60. The monoisotopic (exact) mass is 427 g/mol. The van der Waals surface area contributed by atoms with Gasteiger partial charge in [0.2, 0.25) is 0 Å². The standard InChI is InChI=1S/C24H29NO6/c1-24(2,3)31-23(28)25-20(22(27)30-17-19-12-8-5-9-13-19)14-15-21(26)29-16-18-10-6-4-7-11-18/h4-13,20H,14-17H2,1-3H3,(H,25,28)/t20-/m1/s1. The van der Waals surface area contributed by atoms with Crippen molar-refractivity contribution in [1.82, 2.24) is 5.32 Å². The van der Waals surface area contributed by atoms with Crippen LogP contribution in [0.5, 0.6) is 0 Å². The molecule has 0 saturated heterocycles. The maximum atomic E-state index is 12.6. The van der Waals surface area contributed by atoms with Crippen molar-refractivity contribution in [1.29, 1.82) is 0 Å². The summed E-state index contributed by atoms with van der Waals surface area (Å²) in [6.45, 7) is 5.36. The van der Waals surface area contributed by atoms with E-state index >= 15 is 0 Å². The molecule has 31 heavy (non-hydrogen) atoms. The van der Waals surface area contributed by atoms with Gasteiger partial charge in [-0.1, -0.05) is 60.7 Å². The Kier molecular flexibility index (Phi) is 9.06. The van der Waals surface area contributed by atoms with E-state index in [0.29, 0.717) is 0 Å². The molecule has 1 N–H and O–H groups in total. The molecule has 0 aliphatic rings. The molecule has 0 heterocycles. The molecule has 0 saturated carbocycles. The molecule has 0 bridgehead atoms. The minimum absolute atomic E-state index is 0.0283. The van der Waals surface area contributed by atoms with Gasteiger partial charge in [-0.15, -0.1) is 0 Å². The summed E-state index contributed by atoms with van der Waals surface area (Å²) in [4.78, 5) is 36.8. The fraction of sp³-hybridized carbons (Fsp3) is 0.375. The molecular formula is C24H29NO6.